The van der Waals surface area contributed by atoms with Crippen molar-refractivity contribution in [1.29, 1.82) is 0 Å². The topological polar surface area (TPSA) is 39.4 Å². The molecular weight excluding hydrogens is 402 g/mol. The molecule has 0 radical (unpaired) electrons. The second-order valence-corrected chi connectivity index (χ2v) is 12.9. The summed E-state index contributed by atoms with van der Waals surface area (Å²) in [6.07, 6.45) is 3.65. The van der Waals surface area contributed by atoms with E-state index in [4.69, 9.17) is 9.41 Å². The van der Waals surface area contributed by atoms with Crippen molar-refractivity contribution in [3.05, 3.63) is 34.0 Å². The highest BCUT2D eigenvalue weighted by molar-refractivity contribution is 9.11. The summed E-state index contributed by atoms with van der Waals surface area (Å²) >= 11 is 5.36. The SMILES string of the molecule is CC[Si](CC)(CC)Oc1nc(-c2cccnc2)c2sc(Br)c(C)n12. The molecule has 0 amide bonds. The number of thiazole rings is 1. The van der Waals surface area contributed by atoms with E-state index in [1.54, 1.807) is 17.5 Å². The van der Waals surface area contributed by atoms with Crippen molar-refractivity contribution in [3.63, 3.8) is 0 Å². The van der Waals surface area contributed by atoms with Crippen LogP contribution in [0.1, 0.15) is 26.5 Å². The molecular formula is C17H22BrN3OSSi. The molecule has 0 aliphatic carbocycles. The van der Waals surface area contributed by atoms with Crippen molar-refractivity contribution >= 4 is 40.4 Å². The fourth-order valence-corrected chi connectivity index (χ4v) is 7.01. The summed E-state index contributed by atoms with van der Waals surface area (Å²) < 4.78 is 9.89. The second-order valence-electron chi connectivity index (χ2n) is 5.93. The van der Waals surface area contributed by atoms with E-state index in [1.807, 2.05) is 18.3 Å². The summed E-state index contributed by atoms with van der Waals surface area (Å²) in [4.78, 5) is 10.2. The maximum absolute atomic E-state index is 6.62. The first-order chi connectivity index (χ1) is 11.5. The molecule has 24 heavy (non-hydrogen) atoms. The Labute approximate surface area is 156 Å². The molecule has 0 aliphatic rings. The Morgan fingerprint density at radius 3 is 2.54 bits per heavy atom. The minimum absolute atomic E-state index is 0.737. The van der Waals surface area contributed by atoms with Gasteiger partial charge >= 0.3 is 0 Å². The first kappa shape index (κ1) is 17.6. The zero-order valence-electron chi connectivity index (χ0n) is 14.5. The molecule has 7 heteroatoms. The van der Waals surface area contributed by atoms with E-state index < -0.39 is 8.32 Å². The summed E-state index contributed by atoms with van der Waals surface area (Å²) in [7, 11) is -1.79. The first-order valence-electron chi connectivity index (χ1n) is 8.32. The summed E-state index contributed by atoms with van der Waals surface area (Å²) in [5.74, 6) is 0. The number of imidazole rings is 1. The lowest BCUT2D eigenvalue weighted by molar-refractivity contribution is 0.485. The van der Waals surface area contributed by atoms with E-state index in [0.29, 0.717) is 0 Å². The summed E-state index contributed by atoms with van der Waals surface area (Å²) in [6.45, 7) is 8.82. The molecule has 3 rings (SSSR count). The van der Waals surface area contributed by atoms with Crippen LogP contribution in [0.4, 0.5) is 0 Å². The van der Waals surface area contributed by atoms with Gasteiger partial charge in [-0.15, -0.1) is 11.3 Å². The maximum Gasteiger partial charge on any atom is 0.288 e. The van der Waals surface area contributed by atoms with Crippen LogP contribution in [0.3, 0.4) is 0 Å². The van der Waals surface area contributed by atoms with E-state index >= 15 is 0 Å². The molecule has 0 aromatic carbocycles. The Morgan fingerprint density at radius 2 is 1.96 bits per heavy atom. The van der Waals surface area contributed by atoms with Crippen molar-refractivity contribution in [2.45, 2.75) is 45.8 Å². The van der Waals surface area contributed by atoms with Crippen LogP contribution >= 0.6 is 27.3 Å². The van der Waals surface area contributed by atoms with Gasteiger partial charge in [0.2, 0.25) is 0 Å². The third-order valence-corrected chi connectivity index (χ3v) is 11.4. The van der Waals surface area contributed by atoms with Crippen molar-refractivity contribution in [2.75, 3.05) is 0 Å². The lowest BCUT2D eigenvalue weighted by Gasteiger charge is -2.27. The van der Waals surface area contributed by atoms with Gasteiger partial charge in [-0.25, -0.2) is 0 Å². The highest BCUT2D eigenvalue weighted by atomic mass is 79.9. The van der Waals surface area contributed by atoms with Gasteiger partial charge in [0.25, 0.3) is 14.3 Å². The zero-order chi connectivity index (χ0) is 17.3. The van der Waals surface area contributed by atoms with Crippen LogP contribution in [0, 0.1) is 6.92 Å². The average molecular weight is 424 g/mol. The van der Waals surface area contributed by atoms with Crippen LogP contribution < -0.4 is 4.43 Å². The van der Waals surface area contributed by atoms with Gasteiger partial charge < -0.3 is 4.43 Å². The first-order valence-corrected chi connectivity index (χ1v) is 12.5. The molecule has 0 spiro atoms. The monoisotopic (exact) mass is 423 g/mol. The van der Waals surface area contributed by atoms with Gasteiger partial charge in [0, 0.05) is 23.7 Å². The van der Waals surface area contributed by atoms with Crippen molar-refractivity contribution < 1.29 is 4.43 Å². The molecule has 0 N–H and O–H groups in total. The molecule has 0 bridgehead atoms. The highest BCUT2D eigenvalue weighted by Crippen LogP contribution is 2.39. The molecule has 0 fully saturated rings. The van der Waals surface area contributed by atoms with Crippen LogP contribution in [-0.4, -0.2) is 22.7 Å². The minimum atomic E-state index is -1.79. The standard InChI is InChI=1S/C17H22BrN3OSSi/c1-5-24(6-2,7-3)22-17-20-14(13-9-8-10-19-11-13)16-21(17)12(4)15(18)23-16/h8-11H,5-7H2,1-4H3. The van der Waals surface area contributed by atoms with Gasteiger partial charge in [-0.3, -0.25) is 9.38 Å². The summed E-state index contributed by atoms with van der Waals surface area (Å²) in [5.41, 5.74) is 3.11. The van der Waals surface area contributed by atoms with E-state index in [0.717, 1.165) is 49.7 Å². The van der Waals surface area contributed by atoms with Crippen molar-refractivity contribution in [2.24, 2.45) is 0 Å². The molecule has 3 aromatic rings. The fourth-order valence-electron chi connectivity index (χ4n) is 2.94. The average Bonchev–Trinajstić information content (AvgIpc) is 3.11. The van der Waals surface area contributed by atoms with E-state index in [1.165, 1.54) is 0 Å². The van der Waals surface area contributed by atoms with Crippen LogP contribution in [0.25, 0.3) is 16.1 Å². The Bertz CT molecular complexity index is 834. The Kier molecular flexibility index (Phi) is 5.12. The normalized spacial score (nSPS) is 12.0. The van der Waals surface area contributed by atoms with Gasteiger partial charge in [0.05, 0.1) is 3.79 Å². The molecule has 0 atom stereocenters. The van der Waals surface area contributed by atoms with Gasteiger partial charge in [-0.2, -0.15) is 4.98 Å². The molecule has 0 saturated carbocycles. The number of nitrogens with zero attached hydrogens (tertiary/aromatic N) is 3. The van der Waals surface area contributed by atoms with Crippen molar-refractivity contribution in [1.82, 2.24) is 14.4 Å². The number of fused-ring (bicyclic) bond motifs is 1. The predicted molar refractivity (Wildman–Crippen MR) is 107 cm³/mol. The van der Waals surface area contributed by atoms with Gasteiger partial charge in [0.15, 0.2) is 0 Å². The molecule has 3 heterocycles. The molecule has 0 unspecified atom stereocenters. The molecule has 128 valence electrons. The number of halogens is 1. The van der Waals surface area contributed by atoms with Gasteiger partial charge in [-0.1, -0.05) is 20.8 Å². The molecule has 0 saturated heterocycles. The fraction of sp³-hybridized carbons (Fsp3) is 0.412. The lowest BCUT2D eigenvalue weighted by atomic mass is 10.2. The number of aryl methyl sites for hydroxylation is 1. The predicted octanol–water partition coefficient (Wildman–Crippen LogP) is 5.91. The van der Waals surface area contributed by atoms with Crippen LogP contribution in [0.15, 0.2) is 28.3 Å². The van der Waals surface area contributed by atoms with Gasteiger partial charge in [-0.05, 0) is 53.1 Å². The molecule has 3 aromatic heterocycles. The Balaban J connectivity index is 2.18. The van der Waals surface area contributed by atoms with E-state index in [2.05, 4.69) is 53.0 Å². The van der Waals surface area contributed by atoms with Gasteiger partial charge in [0.1, 0.15) is 10.5 Å². The largest absolute Gasteiger partial charge is 0.518 e. The summed E-state index contributed by atoms with van der Waals surface area (Å²) in [6, 6.07) is 8.02. The van der Waals surface area contributed by atoms with Crippen molar-refractivity contribution in [3.8, 4) is 17.3 Å². The molecule has 0 aliphatic heterocycles. The number of hydrogen-bond donors (Lipinski definition) is 0. The minimum Gasteiger partial charge on any atom is -0.518 e. The van der Waals surface area contributed by atoms with Crippen LogP contribution in [0.5, 0.6) is 6.01 Å². The lowest BCUT2D eigenvalue weighted by Crippen LogP contribution is -2.39. The quantitative estimate of drug-likeness (QED) is 0.462. The van der Waals surface area contributed by atoms with E-state index in [-0.39, 0.29) is 0 Å². The highest BCUT2D eigenvalue weighted by Gasteiger charge is 2.33. The van der Waals surface area contributed by atoms with E-state index in [9.17, 15) is 0 Å². The molecule has 4 nitrogen and oxygen atoms in total. The smallest absolute Gasteiger partial charge is 0.288 e. The maximum atomic E-state index is 6.62. The number of pyridine rings is 1. The zero-order valence-corrected chi connectivity index (χ0v) is 17.9. The number of hydrogen-bond acceptors (Lipinski definition) is 4. The Hall–Kier alpha value is -1.18. The summed E-state index contributed by atoms with van der Waals surface area (Å²) in [5, 5.41) is 0. The van der Waals surface area contributed by atoms with Crippen LogP contribution in [-0.2, 0) is 0 Å². The van der Waals surface area contributed by atoms with Crippen LogP contribution in [0.2, 0.25) is 18.1 Å². The third kappa shape index (κ3) is 2.93. The third-order valence-electron chi connectivity index (χ3n) is 4.79. The number of aromatic nitrogens is 3. The Morgan fingerprint density at radius 1 is 1.25 bits per heavy atom. The number of rotatable bonds is 6. The second kappa shape index (κ2) is 6.97.